The minimum Gasteiger partial charge on any atom is -0.469 e. The molecule has 0 radical (unpaired) electrons. The summed E-state index contributed by atoms with van der Waals surface area (Å²) in [7, 11) is 1.39. The Morgan fingerprint density at radius 3 is 2.65 bits per heavy atom. The van der Waals surface area contributed by atoms with Crippen molar-refractivity contribution in [2.24, 2.45) is 0 Å². The van der Waals surface area contributed by atoms with Gasteiger partial charge in [0, 0.05) is 12.2 Å². The van der Waals surface area contributed by atoms with Crippen molar-refractivity contribution < 1.29 is 19.0 Å². The molecular formula is C15H21NO4. The van der Waals surface area contributed by atoms with Crippen molar-refractivity contribution >= 4 is 11.7 Å². The van der Waals surface area contributed by atoms with Crippen LogP contribution in [0.2, 0.25) is 0 Å². The Bertz CT molecular complexity index is 455. The molecule has 2 rings (SSSR count). The minimum absolute atomic E-state index is 0.0553. The van der Waals surface area contributed by atoms with E-state index in [1.165, 1.54) is 7.11 Å². The first-order valence-corrected chi connectivity index (χ1v) is 6.70. The number of methoxy groups -OCH3 is 1. The van der Waals surface area contributed by atoms with Crippen LogP contribution in [-0.2, 0) is 25.4 Å². The summed E-state index contributed by atoms with van der Waals surface area (Å²) in [5.74, 6) is -0.721. The molecule has 1 aromatic carbocycles. The van der Waals surface area contributed by atoms with Crippen LogP contribution in [0.15, 0.2) is 24.3 Å². The van der Waals surface area contributed by atoms with Crippen LogP contribution in [-0.4, -0.2) is 38.1 Å². The van der Waals surface area contributed by atoms with Crippen LogP contribution in [0.1, 0.15) is 19.4 Å². The molecule has 1 atom stereocenters. The van der Waals surface area contributed by atoms with Gasteiger partial charge in [-0.25, -0.2) is 0 Å². The predicted octanol–water partition coefficient (Wildman–Crippen LogP) is 1.97. The van der Waals surface area contributed by atoms with E-state index >= 15 is 0 Å². The highest BCUT2D eigenvalue weighted by Crippen LogP contribution is 2.22. The summed E-state index contributed by atoms with van der Waals surface area (Å²) in [5.41, 5.74) is 1.93. The molecule has 1 saturated heterocycles. The zero-order valence-electron chi connectivity index (χ0n) is 12.1. The molecule has 0 unspecified atom stereocenters. The van der Waals surface area contributed by atoms with Crippen LogP contribution >= 0.6 is 0 Å². The van der Waals surface area contributed by atoms with Crippen LogP contribution in [0.3, 0.4) is 0 Å². The third-order valence-corrected chi connectivity index (χ3v) is 3.13. The maximum Gasteiger partial charge on any atom is 0.309 e. The van der Waals surface area contributed by atoms with Gasteiger partial charge in [-0.15, -0.1) is 0 Å². The molecule has 1 aromatic rings. The number of hydrogen-bond donors (Lipinski definition) is 1. The molecule has 0 bridgehead atoms. The number of benzene rings is 1. The number of nitrogens with one attached hydrogen (secondary N) is 1. The Kier molecular flexibility index (Phi) is 4.62. The van der Waals surface area contributed by atoms with Gasteiger partial charge in [0.2, 0.25) is 0 Å². The number of esters is 1. The summed E-state index contributed by atoms with van der Waals surface area (Å²) in [6, 6.07) is 7.71. The number of hydrogen-bond acceptors (Lipinski definition) is 5. The second kappa shape index (κ2) is 6.24. The molecule has 0 saturated carbocycles. The summed E-state index contributed by atoms with van der Waals surface area (Å²) in [6.07, 6.45) is 0.351. The van der Waals surface area contributed by atoms with Crippen LogP contribution in [0, 0.1) is 0 Å². The largest absolute Gasteiger partial charge is 0.469 e. The van der Waals surface area contributed by atoms with Crippen LogP contribution in [0.4, 0.5) is 5.69 Å². The molecule has 110 valence electrons. The standard InChI is InChI=1S/C15H21NO4/c1-15(2)19-10-13(20-15)9-16-12-6-4-11(5-7-12)8-14(17)18-3/h4-7,13,16H,8-10H2,1-3H3/t13-/m0/s1. The van der Waals surface area contributed by atoms with Crippen molar-refractivity contribution in [3.63, 3.8) is 0 Å². The number of rotatable bonds is 5. The second-order valence-corrected chi connectivity index (χ2v) is 5.28. The minimum atomic E-state index is -0.489. The van der Waals surface area contributed by atoms with Crippen molar-refractivity contribution in [2.45, 2.75) is 32.2 Å². The molecule has 5 heteroatoms. The van der Waals surface area contributed by atoms with E-state index in [1.807, 2.05) is 38.1 Å². The molecule has 0 spiro atoms. The number of carbonyl (C=O) groups is 1. The van der Waals surface area contributed by atoms with Crippen LogP contribution < -0.4 is 5.32 Å². The van der Waals surface area contributed by atoms with Gasteiger partial charge in [0.15, 0.2) is 5.79 Å². The van der Waals surface area contributed by atoms with E-state index in [2.05, 4.69) is 10.1 Å². The van der Waals surface area contributed by atoms with Gasteiger partial charge in [0.1, 0.15) is 6.10 Å². The summed E-state index contributed by atoms with van der Waals surface area (Å²) in [6.45, 7) is 5.11. The van der Waals surface area contributed by atoms with Crippen molar-refractivity contribution in [2.75, 3.05) is 25.6 Å². The van der Waals surface area contributed by atoms with E-state index in [4.69, 9.17) is 9.47 Å². The zero-order valence-corrected chi connectivity index (χ0v) is 12.1. The molecule has 5 nitrogen and oxygen atoms in total. The predicted molar refractivity (Wildman–Crippen MR) is 75.6 cm³/mol. The normalized spacial score (nSPS) is 20.6. The third-order valence-electron chi connectivity index (χ3n) is 3.13. The summed E-state index contributed by atoms with van der Waals surface area (Å²) in [5, 5.41) is 3.30. The van der Waals surface area contributed by atoms with Crippen molar-refractivity contribution in [1.82, 2.24) is 0 Å². The highest BCUT2D eigenvalue weighted by atomic mass is 16.7. The SMILES string of the molecule is COC(=O)Cc1ccc(NC[C@H]2COC(C)(C)O2)cc1. The van der Waals surface area contributed by atoms with Crippen molar-refractivity contribution in [1.29, 1.82) is 0 Å². The zero-order chi connectivity index (χ0) is 14.6. The lowest BCUT2D eigenvalue weighted by molar-refractivity contribution is -0.139. The smallest absolute Gasteiger partial charge is 0.309 e. The van der Waals surface area contributed by atoms with E-state index in [0.29, 0.717) is 19.6 Å². The molecule has 0 aromatic heterocycles. The molecule has 1 N–H and O–H groups in total. The van der Waals surface area contributed by atoms with Gasteiger partial charge in [-0.05, 0) is 31.5 Å². The van der Waals surface area contributed by atoms with Gasteiger partial charge in [0.25, 0.3) is 0 Å². The molecule has 1 aliphatic rings. The topological polar surface area (TPSA) is 56.8 Å². The Morgan fingerprint density at radius 2 is 2.10 bits per heavy atom. The Hall–Kier alpha value is -1.59. The molecule has 0 amide bonds. The van der Waals surface area contributed by atoms with Gasteiger partial charge in [0.05, 0.1) is 20.1 Å². The first-order chi connectivity index (χ1) is 9.48. The van der Waals surface area contributed by atoms with Gasteiger partial charge in [-0.3, -0.25) is 4.79 Å². The first-order valence-electron chi connectivity index (χ1n) is 6.70. The second-order valence-electron chi connectivity index (χ2n) is 5.28. The van der Waals surface area contributed by atoms with Crippen LogP contribution in [0.25, 0.3) is 0 Å². The van der Waals surface area contributed by atoms with Gasteiger partial charge in [-0.2, -0.15) is 0 Å². The number of ether oxygens (including phenoxy) is 3. The first kappa shape index (κ1) is 14.8. The lowest BCUT2D eigenvalue weighted by Gasteiger charge is -2.17. The fourth-order valence-corrected chi connectivity index (χ4v) is 2.07. The number of carbonyl (C=O) groups excluding carboxylic acids is 1. The Balaban J connectivity index is 1.81. The molecule has 1 aliphatic heterocycles. The van der Waals surface area contributed by atoms with E-state index < -0.39 is 5.79 Å². The lowest BCUT2D eigenvalue weighted by atomic mass is 10.1. The van der Waals surface area contributed by atoms with Crippen molar-refractivity contribution in [3.05, 3.63) is 29.8 Å². The monoisotopic (exact) mass is 279 g/mol. The number of anilines is 1. The maximum atomic E-state index is 11.2. The van der Waals surface area contributed by atoms with E-state index in [0.717, 1.165) is 11.3 Å². The average molecular weight is 279 g/mol. The molecular weight excluding hydrogens is 258 g/mol. The highest BCUT2D eigenvalue weighted by molar-refractivity contribution is 5.72. The maximum absolute atomic E-state index is 11.2. The average Bonchev–Trinajstić information content (AvgIpc) is 2.77. The van der Waals surface area contributed by atoms with Gasteiger partial charge < -0.3 is 19.5 Å². The fourth-order valence-electron chi connectivity index (χ4n) is 2.07. The fraction of sp³-hybridized carbons (Fsp3) is 0.533. The van der Waals surface area contributed by atoms with Crippen LogP contribution in [0.5, 0.6) is 0 Å². The Morgan fingerprint density at radius 1 is 1.40 bits per heavy atom. The summed E-state index contributed by atoms with van der Waals surface area (Å²) >= 11 is 0. The van der Waals surface area contributed by atoms with E-state index in [9.17, 15) is 4.79 Å². The van der Waals surface area contributed by atoms with Gasteiger partial charge >= 0.3 is 5.97 Å². The van der Waals surface area contributed by atoms with Gasteiger partial charge in [-0.1, -0.05) is 12.1 Å². The molecule has 20 heavy (non-hydrogen) atoms. The quantitative estimate of drug-likeness (QED) is 0.835. The summed E-state index contributed by atoms with van der Waals surface area (Å²) < 4.78 is 15.9. The highest BCUT2D eigenvalue weighted by Gasteiger charge is 2.32. The molecule has 1 heterocycles. The Labute approximate surface area is 119 Å². The van der Waals surface area contributed by atoms with Crippen molar-refractivity contribution in [3.8, 4) is 0 Å². The molecule has 0 aliphatic carbocycles. The van der Waals surface area contributed by atoms with E-state index in [1.54, 1.807) is 0 Å². The van der Waals surface area contributed by atoms with E-state index in [-0.39, 0.29) is 12.1 Å². The third kappa shape index (κ3) is 4.21. The molecule has 1 fully saturated rings. The summed E-state index contributed by atoms with van der Waals surface area (Å²) in [4.78, 5) is 11.2. The lowest BCUT2D eigenvalue weighted by Crippen LogP contribution is -2.25.